The summed E-state index contributed by atoms with van der Waals surface area (Å²) >= 11 is 1.46. The highest BCUT2D eigenvalue weighted by molar-refractivity contribution is 7.99. The smallest absolute Gasteiger partial charge is 0.233 e. The van der Waals surface area contributed by atoms with Crippen molar-refractivity contribution in [3.8, 4) is 5.69 Å². The summed E-state index contributed by atoms with van der Waals surface area (Å²) < 4.78 is 1.95. The molecule has 1 fully saturated rings. The average molecular weight is 330 g/mol. The predicted octanol–water partition coefficient (Wildman–Crippen LogP) is 3.07. The zero-order valence-corrected chi connectivity index (χ0v) is 14.3. The first-order valence-corrected chi connectivity index (χ1v) is 9.11. The van der Waals surface area contributed by atoms with Gasteiger partial charge in [-0.25, -0.2) is 0 Å². The van der Waals surface area contributed by atoms with Crippen LogP contribution in [0, 0.1) is 6.92 Å². The summed E-state index contributed by atoms with van der Waals surface area (Å²) in [5.41, 5.74) is 2.22. The summed E-state index contributed by atoms with van der Waals surface area (Å²) in [5.74, 6) is 0.626. The molecule has 0 aliphatic carbocycles. The van der Waals surface area contributed by atoms with Crippen LogP contribution in [0.25, 0.3) is 5.69 Å². The number of hydrogen-bond donors (Lipinski definition) is 0. The monoisotopic (exact) mass is 330 g/mol. The van der Waals surface area contributed by atoms with Crippen LogP contribution in [0.4, 0.5) is 0 Å². The largest absolute Gasteiger partial charge is 0.342 e. The van der Waals surface area contributed by atoms with E-state index in [-0.39, 0.29) is 5.91 Å². The van der Waals surface area contributed by atoms with E-state index in [2.05, 4.69) is 23.2 Å². The van der Waals surface area contributed by atoms with Crippen LogP contribution in [0.2, 0.25) is 0 Å². The maximum atomic E-state index is 12.4. The molecule has 1 amide bonds. The number of rotatable bonds is 4. The van der Waals surface area contributed by atoms with Crippen LogP contribution in [0.15, 0.2) is 35.7 Å². The first kappa shape index (κ1) is 16.1. The summed E-state index contributed by atoms with van der Waals surface area (Å²) in [4.78, 5) is 14.4. The lowest BCUT2D eigenvalue weighted by atomic mass is 10.2. The van der Waals surface area contributed by atoms with Gasteiger partial charge in [-0.2, -0.15) is 0 Å². The normalized spacial score (nSPS) is 15.4. The van der Waals surface area contributed by atoms with Crippen LogP contribution in [0.1, 0.15) is 31.2 Å². The third-order valence-corrected chi connectivity index (χ3v) is 5.10. The van der Waals surface area contributed by atoms with Crippen molar-refractivity contribution in [2.75, 3.05) is 18.8 Å². The third-order valence-electron chi connectivity index (χ3n) is 4.17. The molecule has 0 saturated carbocycles. The molecule has 0 bridgehead atoms. The molecule has 122 valence electrons. The molecule has 5 nitrogen and oxygen atoms in total. The highest BCUT2D eigenvalue weighted by Crippen LogP contribution is 2.22. The average Bonchev–Trinajstić information content (AvgIpc) is 2.85. The van der Waals surface area contributed by atoms with E-state index in [1.807, 2.05) is 27.7 Å². The van der Waals surface area contributed by atoms with E-state index in [0.29, 0.717) is 5.75 Å². The molecule has 1 aliphatic rings. The zero-order valence-electron chi connectivity index (χ0n) is 13.4. The van der Waals surface area contributed by atoms with Crippen molar-refractivity contribution in [2.45, 2.75) is 37.8 Å². The third kappa shape index (κ3) is 3.93. The van der Waals surface area contributed by atoms with Crippen molar-refractivity contribution < 1.29 is 4.79 Å². The van der Waals surface area contributed by atoms with Crippen molar-refractivity contribution in [1.82, 2.24) is 19.7 Å². The van der Waals surface area contributed by atoms with E-state index < -0.39 is 0 Å². The van der Waals surface area contributed by atoms with Gasteiger partial charge in [0.05, 0.1) is 11.4 Å². The number of hydrogen-bond acceptors (Lipinski definition) is 4. The Labute approximate surface area is 141 Å². The van der Waals surface area contributed by atoms with Crippen molar-refractivity contribution in [3.63, 3.8) is 0 Å². The number of carbonyl (C=O) groups excluding carboxylic acids is 1. The number of nitrogens with zero attached hydrogens (tertiary/aromatic N) is 4. The number of carbonyl (C=O) groups is 1. The molecule has 23 heavy (non-hydrogen) atoms. The maximum absolute atomic E-state index is 12.4. The Hall–Kier alpha value is -1.82. The second-order valence-electron chi connectivity index (χ2n) is 5.85. The Morgan fingerprint density at radius 2 is 1.91 bits per heavy atom. The first-order valence-electron chi connectivity index (χ1n) is 8.12. The fourth-order valence-corrected chi connectivity index (χ4v) is 3.68. The lowest BCUT2D eigenvalue weighted by Gasteiger charge is -2.19. The minimum absolute atomic E-state index is 0.205. The molecule has 0 atom stereocenters. The van der Waals surface area contributed by atoms with Crippen LogP contribution in [0.5, 0.6) is 0 Å². The molecule has 2 aromatic rings. The van der Waals surface area contributed by atoms with Gasteiger partial charge in [0, 0.05) is 13.1 Å². The number of aromatic nitrogens is 3. The van der Waals surface area contributed by atoms with Crippen LogP contribution in [-0.2, 0) is 4.79 Å². The fraction of sp³-hybridized carbons (Fsp3) is 0.471. The second-order valence-corrected chi connectivity index (χ2v) is 6.80. The number of aryl methyl sites for hydroxylation is 1. The number of para-hydroxylation sites is 1. The molecular weight excluding hydrogens is 308 g/mol. The Bertz CT molecular complexity index is 662. The van der Waals surface area contributed by atoms with Gasteiger partial charge in [0.1, 0.15) is 6.33 Å². The van der Waals surface area contributed by atoms with Crippen molar-refractivity contribution in [1.29, 1.82) is 0 Å². The summed E-state index contributed by atoms with van der Waals surface area (Å²) in [5, 5.41) is 8.95. The first-order chi connectivity index (χ1) is 11.3. The molecular formula is C17H22N4OS. The van der Waals surface area contributed by atoms with Crippen molar-refractivity contribution in [2.24, 2.45) is 0 Å². The molecule has 1 aliphatic heterocycles. The Balaban J connectivity index is 1.66. The van der Waals surface area contributed by atoms with Crippen LogP contribution in [0.3, 0.4) is 0 Å². The molecule has 1 aromatic heterocycles. The van der Waals surface area contributed by atoms with Gasteiger partial charge < -0.3 is 4.90 Å². The molecule has 6 heteroatoms. The molecule has 0 N–H and O–H groups in total. The van der Waals surface area contributed by atoms with E-state index >= 15 is 0 Å². The van der Waals surface area contributed by atoms with Crippen molar-refractivity contribution >= 4 is 17.7 Å². The number of benzene rings is 1. The zero-order chi connectivity index (χ0) is 16.1. The highest BCUT2D eigenvalue weighted by Gasteiger charge is 2.17. The van der Waals surface area contributed by atoms with Gasteiger partial charge in [-0.15, -0.1) is 10.2 Å². The second kappa shape index (κ2) is 7.64. The summed E-state index contributed by atoms with van der Waals surface area (Å²) in [6.45, 7) is 3.85. The molecule has 1 aromatic carbocycles. The number of likely N-dealkylation sites (tertiary alicyclic amines) is 1. The lowest BCUT2D eigenvalue weighted by molar-refractivity contribution is -0.128. The minimum Gasteiger partial charge on any atom is -0.342 e. The van der Waals surface area contributed by atoms with E-state index in [9.17, 15) is 4.79 Å². The molecule has 2 heterocycles. The predicted molar refractivity (Wildman–Crippen MR) is 91.9 cm³/mol. The standard InChI is InChI=1S/C17H22N4OS/c1-14-8-4-5-9-15(14)21-13-18-19-17(21)23-12-16(22)20-10-6-2-3-7-11-20/h4-5,8-9,13H,2-3,6-7,10-12H2,1H3. The van der Waals surface area contributed by atoms with E-state index in [0.717, 1.165) is 42.3 Å². The van der Waals surface area contributed by atoms with Gasteiger partial charge in [-0.05, 0) is 31.4 Å². The molecule has 0 radical (unpaired) electrons. The summed E-state index contributed by atoms with van der Waals surface area (Å²) in [7, 11) is 0. The van der Waals surface area contributed by atoms with Crippen LogP contribution < -0.4 is 0 Å². The Morgan fingerprint density at radius 3 is 2.65 bits per heavy atom. The van der Waals surface area contributed by atoms with Crippen LogP contribution >= 0.6 is 11.8 Å². The van der Waals surface area contributed by atoms with Gasteiger partial charge in [-0.1, -0.05) is 42.8 Å². The minimum atomic E-state index is 0.205. The van der Waals surface area contributed by atoms with Gasteiger partial charge in [-0.3, -0.25) is 9.36 Å². The van der Waals surface area contributed by atoms with E-state index in [1.54, 1.807) is 6.33 Å². The molecule has 3 rings (SSSR count). The Kier molecular flexibility index (Phi) is 5.33. The molecule has 0 spiro atoms. The number of thioether (sulfide) groups is 1. The van der Waals surface area contributed by atoms with E-state index in [4.69, 9.17) is 0 Å². The maximum Gasteiger partial charge on any atom is 0.233 e. The van der Waals surface area contributed by atoms with Crippen molar-refractivity contribution in [3.05, 3.63) is 36.2 Å². The topological polar surface area (TPSA) is 51.0 Å². The summed E-state index contributed by atoms with van der Waals surface area (Å²) in [6.07, 6.45) is 6.42. The van der Waals surface area contributed by atoms with Gasteiger partial charge in [0.15, 0.2) is 5.16 Å². The lowest BCUT2D eigenvalue weighted by Crippen LogP contribution is -2.33. The quantitative estimate of drug-likeness (QED) is 0.809. The van der Waals surface area contributed by atoms with E-state index in [1.165, 1.54) is 24.6 Å². The molecule has 1 saturated heterocycles. The highest BCUT2D eigenvalue weighted by atomic mass is 32.2. The summed E-state index contributed by atoms with van der Waals surface area (Å²) in [6, 6.07) is 8.11. The van der Waals surface area contributed by atoms with Gasteiger partial charge >= 0.3 is 0 Å². The fourth-order valence-electron chi connectivity index (χ4n) is 2.86. The van der Waals surface area contributed by atoms with Gasteiger partial charge in [0.25, 0.3) is 0 Å². The Morgan fingerprint density at radius 1 is 1.17 bits per heavy atom. The number of amides is 1. The SMILES string of the molecule is Cc1ccccc1-n1cnnc1SCC(=O)N1CCCCCC1. The molecule has 0 unspecified atom stereocenters. The van der Waals surface area contributed by atoms with Gasteiger partial charge in [0.2, 0.25) is 5.91 Å². The van der Waals surface area contributed by atoms with Crippen LogP contribution in [-0.4, -0.2) is 44.4 Å².